The van der Waals surface area contributed by atoms with Crippen LogP contribution in [0.5, 0.6) is 0 Å². The topological polar surface area (TPSA) is 24.9 Å². The Morgan fingerprint density at radius 1 is 1.43 bits per heavy atom. The monoisotopic (exact) mass is 196 g/mol. The van der Waals surface area contributed by atoms with E-state index in [2.05, 4.69) is 24.1 Å². The van der Waals surface area contributed by atoms with E-state index >= 15 is 0 Å². The lowest BCUT2D eigenvalue weighted by Gasteiger charge is -2.16. The fraction of sp³-hybridized carbons (Fsp3) is 0.545. The number of pyridine rings is 1. The van der Waals surface area contributed by atoms with Crippen LogP contribution in [0.1, 0.15) is 25.6 Å². The molecule has 2 nitrogen and oxygen atoms in total. The first-order chi connectivity index (χ1) is 6.74. The Bertz CT molecular complexity index is 249. The van der Waals surface area contributed by atoms with Gasteiger partial charge in [-0.25, -0.2) is 4.39 Å². The molecule has 0 spiro atoms. The molecule has 0 aromatic carbocycles. The van der Waals surface area contributed by atoms with Gasteiger partial charge in [-0.2, -0.15) is 0 Å². The molecule has 0 radical (unpaired) electrons. The molecular weight excluding hydrogens is 179 g/mol. The molecule has 3 heteroatoms. The van der Waals surface area contributed by atoms with Crippen molar-refractivity contribution >= 4 is 0 Å². The van der Waals surface area contributed by atoms with Crippen LogP contribution in [0.15, 0.2) is 24.4 Å². The van der Waals surface area contributed by atoms with E-state index in [0.29, 0.717) is 5.92 Å². The Labute approximate surface area is 84.6 Å². The van der Waals surface area contributed by atoms with Gasteiger partial charge in [-0.05, 0) is 24.6 Å². The van der Waals surface area contributed by atoms with Crippen molar-refractivity contribution in [1.29, 1.82) is 0 Å². The highest BCUT2D eigenvalue weighted by atomic mass is 19.1. The van der Waals surface area contributed by atoms with Crippen LogP contribution in [0.3, 0.4) is 0 Å². The van der Waals surface area contributed by atoms with Gasteiger partial charge in [0.2, 0.25) is 0 Å². The molecule has 0 fully saturated rings. The van der Waals surface area contributed by atoms with E-state index < -0.39 is 6.67 Å². The summed E-state index contributed by atoms with van der Waals surface area (Å²) in [7, 11) is 0. The van der Waals surface area contributed by atoms with Crippen molar-refractivity contribution in [1.82, 2.24) is 10.3 Å². The summed E-state index contributed by atoms with van der Waals surface area (Å²) < 4.78 is 12.7. The molecule has 14 heavy (non-hydrogen) atoms. The molecule has 0 aliphatic carbocycles. The maximum atomic E-state index is 12.7. The van der Waals surface area contributed by atoms with Gasteiger partial charge in [-0.1, -0.05) is 19.9 Å². The highest BCUT2D eigenvalue weighted by molar-refractivity contribution is 5.08. The summed E-state index contributed by atoms with van der Waals surface area (Å²) in [6, 6.07) is 5.29. The Morgan fingerprint density at radius 3 is 2.71 bits per heavy atom. The van der Waals surface area contributed by atoms with Gasteiger partial charge in [0.05, 0.1) is 11.7 Å². The number of aromatic nitrogens is 1. The van der Waals surface area contributed by atoms with E-state index in [1.807, 2.05) is 18.2 Å². The zero-order valence-corrected chi connectivity index (χ0v) is 8.70. The number of nitrogens with one attached hydrogen (secondary N) is 1. The minimum atomic E-state index is -0.413. The Kier molecular flexibility index (Phi) is 4.53. The molecular formula is C11H17FN2. The second-order valence-corrected chi connectivity index (χ2v) is 3.76. The van der Waals surface area contributed by atoms with Crippen molar-refractivity contribution in [3.63, 3.8) is 0 Å². The molecule has 0 amide bonds. The lowest BCUT2D eigenvalue weighted by atomic mass is 10.1. The van der Waals surface area contributed by atoms with E-state index in [0.717, 1.165) is 12.2 Å². The molecule has 78 valence electrons. The van der Waals surface area contributed by atoms with Crippen LogP contribution in [-0.4, -0.2) is 18.2 Å². The molecule has 1 N–H and O–H groups in total. The fourth-order valence-corrected chi connectivity index (χ4v) is 1.20. The predicted octanol–water partition coefficient (Wildman–Crippen LogP) is 2.34. The first-order valence-corrected chi connectivity index (χ1v) is 4.94. The number of halogens is 1. The summed E-state index contributed by atoms with van der Waals surface area (Å²) in [5.74, 6) is 0.521. The van der Waals surface area contributed by atoms with Crippen molar-refractivity contribution < 1.29 is 4.39 Å². The van der Waals surface area contributed by atoms with Crippen LogP contribution in [0.25, 0.3) is 0 Å². The lowest BCUT2D eigenvalue weighted by Crippen LogP contribution is -2.27. The van der Waals surface area contributed by atoms with E-state index in [-0.39, 0.29) is 6.04 Å². The van der Waals surface area contributed by atoms with Crippen molar-refractivity contribution in [2.45, 2.75) is 19.9 Å². The third kappa shape index (κ3) is 3.42. The highest BCUT2D eigenvalue weighted by Gasteiger charge is 2.11. The molecule has 0 saturated carbocycles. The molecule has 0 aliphatic rings. The summed E-state index contributed by atoms with van der Waals surface area (Å²) in [5, 5.41) is 3.15. The summed E-state index contributed by atoms with van der Waals surface area (Å²) in [6.07, 6.45) is 1.69. The largest absolute Gasteiger partial charge is 0.306 e. The molecule has 0 aliphatic heterocycles. The summed E-state index contributed by atoms with van der Waals surface area (Å²) in [5.41, 5.74) is 0.774. The number of nitrogens with zero attached hydrogens (tertiary/aromatic N) is 1. The molecule has 0 bridgehead atoms. The fourth-order valence-electron chi connectivity index (χ4n) is 1.20. The Morgan fingerprint density at radius 2 is 2.21 bits per heavy atom. The van der Waals surface area contributed by atoms with Crippen molar-refractivity contribution in [2.75, 3.05) is 13.2 Å². The third-order valence-corrected chi connectivity index (χ3v) is 1.97. The first-order valence-electron chi connectivity index (χ1n) is 4.94. The SMILES string of the molecule is CC(C)CNC(CF)c1ccccn1. The summed E-state index contributed by atoms with van der Waals surface area (Å²) in [6.45, 7) is 4.59. The molecule has 1 atom stereocenters. The van der Waals surface area contributed by atoms with Gasteiger partial charge in [0.25, 0.3) is 0 Å². The third-order valence-electron chi connectivity index (χ3n) is 1.97. The highest BCUT2D eigenvalue weighted by Crippen LogP contribution is 2.10. The van der Waals surface area contributed by atoms with Gasteiger partial charge in [0.1, 0.15) is 6.67 Å². The smallest absolute Gasteiger partial charge is 0.110 e. The maximum absolute atomic E-state index is 12.7. The number of hydrogen-bond donors (Lipinski definition) is 1. The van der Waals surface area contributed by atoms with E-state index in [1.54, 1.807) is 6.20 Å². The number of alkyl halides is 1. The van der Waals surface area contributed by atoms with E-state index in [4.69, 9.17) is 0 Å². The van der Waals surface area contributed by atoms with Crippen LogP contribution in [-0.2, 0) is 0 Å². The minimum Gasteiger partial charge on any atom is -0.306 e. The van der Waals surface area contributed by atoms with E-state index in [9.17, 15) is 4.39 Å². The van der Waals surface area contributed by atoms with Crippen LogP contribution in [0.4, 0.5) is 4.39 Å². The van der Waals surface area contributed by atoms with Crippen LogP contribution in [0.2, 0.25) is 0 Å². The minimum absolute atomic E-state index is 0.265. The average molecular weight is 196 g/mol. The molecule has 0 saturated heterocycles. The molecule has 1 unspecified atom stereocenters. The second-order valence-electron chi connectivity index (χ2n) is 3.76. The van der Waals surface area contributed by atoms with Crippen molar-refractivity contribution in [3.8, 4) is 0 Å². The van der Waals surface area contributed by atoms with Gasteiger partial charge in [0.15, 0.2) is 0 Å². The number of rotatable bonds is 5. The van der Waals surface area contributed by atoms with E-state index in [1.165, 1.54) is 0 Å². The average Bonchev–Trinajstić information content (AvgIpc) is 2.20. The predicted molar refractivity (Wildman–Crippen MR) is 55.8 cm³/mol. The standard InChI is InChI=1S/C11H17FN2/c1-9(2)8-14-11(7-12)10-5-3-4-6-13-10/h3-6,9,11,14H,7-8H2,1-2H3. The van der Waals surface area contributed by atoms with Crippen LogP contribution < -0.4 is 5.32 Å². The Hall–Kier alpha value is -0.960. The summed E-state index contributed by atoms with van der Waals surface area (Å²) >= 11 is 0. The van der Waals surface area contributed by atoms with Crippen LogP contribution >= 0.6 is 0 Å². The zero-order chi connectivity index (χ0) is 10.4. The maximum Gasteiger partial charge on any atom is 0.110 e. The molecule has 1 heterocycles. The first kappa shape index (κ1) is 11.1. The normalized spacial score (nSPS) is 13.1. The molecule has 1 rings (SSSR count). The summed E-state index contributed by atoms with van der Waals surface area (Å²) in [4.78, 5) is 4.13. The van der Waals surface area contributed by atoms with Crippen LogP contribution in [0, 0.1) is 5.92 Å². The van der Waals surface area contributed by atoms with Gasteiger partial charge in [0, 0.05) is 6.20 Å². The van der Waals surface area contributed by atoms with Gasteiger partial charge in [-0.15, -0.1) is 0 Å². The van der Waals surface area contributed by atoms with Gasteiger partial charge < -0.3 is 5.32 Å². The van der Waals surface area contributed by atoms with Gasteiger partial charge >= 0.3 is 0 Å². The van der Waals surface area contributed by atoms with Crippen molar-refractivity contribution in [3.05, 3.63) is 30.1 Å². The molecule has 1 aromatic rings. The zero-order valence-electron chi connectivity index (χ0n) is 8.70. The quantitative estimate of drug-likeness (QED) is 0.781. The lowest BCUT2D eigenvalue weighted by molar-refractivity contribution is 0.362. The van der Waals surface area contributed by atoms with Crippen molar-refractivity contribution in [2.24, 2.45) is 5.92 Å². The number of hydrogen-bond acceptors (Lipinski definition) is 2. The van der Waals surface area contributed by atoms with Gasteiger partial charge in [-0.3, -0.25) is 4.98 Å². The Balaban J connectivity index is 2.54. The second kappa shape index (κ2) is 5.70. The molecule has 1 aromatic heterocycles.